The van der Waals surface area contributed by atoms with Crippen molar-refractivity contribution in [3.63, 3.8) is 0 Å². The van der Waals surface area contributed by atoms with Crippen LogP contribution in [0.25, 0.3) is 0 Å². The number of nitrogens with one attached hydrogen (secondary N) is 1. The Balaban J connectivity index is 2.10. The highest BCUT2D eigenvalue weighted by Crippen LogP contribution is 2.17. The third-order valence-electron chi connectivity index (χ3n) is 1.77. The van der Waals surface area contributed by atoms with Crippen molar-refractivity contribution in [2.24, 2.45) is 0 Å². The van der Waals surface area contributed by atoms with Gasteiger partial charge in [-0.15, -0.1) is 0 Å². The molecule has 0 aliphatic carbocycles. The second-order valence-electron chi connectivity index (χ2n) is 2.89. The van der Waals surface area contributed by atoms with Crippen molar-refractivity contribution in [2.75, 3.05) is 11.9 Å². The van der Waals surface area contributed by atoms with Gasteiger partial charge in [0.15, 0.2) is 11.0 Å². The van der Waals surface area contributed by atoms with Gasteiger partial charge in [-0.05, 0) is 6.42 Å². The molecule has 1 aromatic rings. The number of halogens is 1. The lowest BCUT2D eigenvalue weighted by atomic mass is 10.2. The summed E-state index contributed by atoms with van der Waals surface area (Å²) in [6.45, 7) is 3.14. The Morgan fingerprint density at radius 3 is 2.77 bits per heavy atom. The van der Waals surface area contributed by atoms with Gasteiger partial charge in [0.25, 0.3) is 0 Å². The molecule has 0 aliphatic heterocycles. The molecule has 0 saturated heterocycles. The average Bonchev–Trinajstić information content (AvgIpc) is 2.52. The van der Waals surface area contributed by atoms with Gasteiger partial charge in [0.2, 0.25) is 0 Å². The molecular weight excluding hydrogens is 206 g/mol. The van der Waals surface area contributed by atoms with E-state index in [9.17, 15) is 0 Å². The number of hydrogen-bond donors (Lipinski definition) is 1. The van der Waals surface area contributed by atoms with Crippen LogP contribution in [-0.2, 0) is 0 Å². The average molecular weight is 220 g/mol. The van der Waals surface area contributed by atoms with Gasteiger partial charge in [-0.2, -0.15) is 8.75 Å². The summed E-state index contributed by atoms with van der Waals surface area (Å²) in [5, 5.41) is 3.64. The van der Waals surface area contributed by atoms with Crippen LogP contribution >= 0.6 is 23.3 Å². The van der Waals surface area contributed by atoms with Crippen molar-refractivity contribution in [3.05, 3.63) is 5.15 Å². The maximum Gasteiger partial charge on any atom is 0.186 e. The molecule has 0 spiro atoms. The number of nitrogens with zero attached hydrogens (tertiary/aromatic N) is 2. The summed E-state index contributed by atoms with van der Waals surface area (Å²) in [5.74, 6) is 0.725. The van der Waals surface area contributed by atoms with Crippen molar-refractivity contribution in [2.45, 2.75) is 32.6 Å². The molecule has 13 heavy (non-hydrogen) atoms. The molecule has 1 heterocycles. The van der Waals surface area contributed by atoms with Crippen LogP contribution in [-0.4, -0.2) is 15.3 Å². The van der Waals surface area contributed by atoms with Crippen LogP contribution in [0.5, 0.6) is 0 Å². The Hall–Kier alpha value is -0.350. The topological polar surface area (TPSA) is 37.8 Å². The molecule has 5 heteroatoms. The fraction of sp³-hybridized carbons (Fsp3) is 0.750. The van der Waals surface area contributed by atoms with Crippen molar-refractivity contribution in [1.82, 2.24) is 8.75 Å². The molecule has 0 radical (unpaired) electrons. The molecular formula is C8H14ClN3S. The molecule has 3 nitrogen and oxygen atoms in total. The second kappa shape index (κ2) is 6.16. The highest BCUT2D eigenvalue weighted by Gasteiger charge is 2.02. The fourth-order valence-corrected chi connectivity index (χ4v) is 1.73. The lowest BCUT2D eigenvalue weighted by Crippen LogP contribution is -2.01. The number of rotatable bonds is 6. The molecule has 0 aliphatic rings. The van der Waals surface area contributed by atoms with Crippen LogP contribution in [0.1, 0.15) is 32.6 Å². The van der Waals surface area contributed by atoms with Crippen LogP contribution in [0.15, 0.2) is 0 Å². The Labute approximate surface area is 87.8 Å². The quantitative estimate of drug-likeness (QED) is 0.747. The summed E-state index contributed by atoms with van der Waals surface area (Å²) in [5.41, 5.74) is 0. The first-order valence-electron chi connectivity index (χ1n) is 4.56. The molecule has 0 amide bonds. The van der Waals surface area contributed by atoms with Crippen LogP contribution < -0.4 is 5.32 Å². The van der Waals surface area contributed by atoms with Crippen molar-refractivity contribution in [1.29, 1.82) is 0 Å². The first-order chi connectivity index (χ1) is 6.34. The van der Waals surface area contributed by atoms with Gasteiger partial charge in [-0.25, -0.2) is 0 Å². The third-order valence-corrected chi connectivity index (χ3v) is 2.66. The molecule has 0 atom stereocenters. The van der Waals surface area contributed by atoms with Gasteiger partial charge in [0.1, 0.15) is 0 Å². The number of anilines is 1. The van der Waals surface area contributed by atoms with E-state index in [-0.39, 0.29) is 0 Å². The van der Waals surface area contributed by atoms with Gasteiger partial charge < -0.3 is 5.32 Å². The van der Waals surface area contributed by atoms with Gasteiger partial charge in [-0.1, -0.05) is 37.8 Å². The van der Waals surface area contributed by atoms with Crippen molar-refractivity contribution < 1.29 is 0 Å². The van der Waals surface area contributed by atoms with E-state index in [0.29, 0.717) is 5.15 Å². The Morgan fingerprint density at radius 1 is 1.31 bits per heavy atom. The summed E-state index contributed by atoms with van der Waals surface area (Å²) >= 11 is 6.89. The summed E-state index contributed by atoms with van der Waals surface area (Å²) in [4.78, 5) is 0. The maximum atomic E-state index is 5.75. The monoisotopic (exact) mass is 219 g/mol. The normalized spacial score (nSPS) is 10.3. The SMILES string of the molecule is CCCCCCNc1nsnc1Cl. The first-order valence-corrected chi connectivity index (χ1v) is 5.67. The molecule has 0 fully saturated rings. The zero-order valence-electron chi connectivity index (χ0n) is 7.72. The fourth-order valence-electron chi connectivity index (χ4n) is 1.04. The van der Waals surface area contributed by atoms with Crippen LogP contribution in [0.3, 0.4) is 0 Å². The van der Waals surface area contributed by atoms with Crippen LogP contribution in [0, 0.1) is 0 Å². The standard InChI is InChI=1S/C8H14ClN3S/c1-2-3-4-5-6-10-8-7(9)11-13-12-8/h2-6H2,1H3,(H,10,12). The third kappa shape index (κ3) is 3.91. The van der Waals surface area contributed by atoms with Crippen LogP contribution in [0.2, 0.25) is 5.15 Å². The minimum atomic E-state index is 0.487. The number of aromatic nitrogens is 2. The summed E-state index contributed by atoms with van der Waals surface area (Å²) in [7, 11) is 0. The van der Waals surface area contributed by atoms with Gasteiger partial charge in [0.05, 0.1) is 11.7 Å². The Kier molecular flexibility index (Phi) is 5.08. The lowest BCUT2D eigenvalue weighted by Gasteiger charge is -2.01. The predicted octanol–water partition coefficient (Wildman–Crippen LogP) is 3.18. The number of unbranched alkanes of at least 4 members (excludes halogenated alkanes) is 3. The summed E-state index contributed by atoms with van der Waals surface area (Å²) in [6, 6.07) is 0. The minimum Gasteiger partial charge on any atom is -0.367 e. The van der Waals surface area contributed by atoms with E-state index < -0.39 is 0 Å². The summed E-state index contributed by atoms with van der Waals surface area (Å²) in [6.07, 6.45) is 4.99. The number of hydrogen-bond acceptors (Lipinski definition) is 4. The van der Waals surface area contributed by atoms with E-state index in [1.165, 1.54) is 25.7 Å². The van der Waals surface area contributed by atoms with Gasteiger partial charge in [-0.3, -0.25) is 0 Å². The molecule has 0 aromatic carbocycles. The van der Waals surface area contributed by atoms with Crippen molar-refractivity contribution in [3.8, 4) is 0 Å². The minimum absolute atomic E-state index is 0.487. The predicted molar refractivity (Wildman–Crippen MR) is 57.6 cm³/mol. The Morgan fingerprint density at radius 2 is 2.15 bits per heavy atom. The van der Waals surface area contributed by atoms with Gasteiger partial charge >= 0.3 is 0 Å². The molecule has 1 N–H and O–H groups in total. The van der Waals surface area contributed by atoms with Crippen LogP contribution in [0.4, 0.5) is 5.82 Å². The molecule has 0 unspecified atom stereocenters. The van der Waals surface area contributed by atoms with E-state index in [1.807, 2.05) is 0 Å². The smallest absolute Gasteiger partial charge is 0.186 e. The summed E-state index contributed by atoms with van der Waals surface area (Å²) < 4.78 is 7.89. The first kappa shape index (κ1) is 10.7. The van der Waals surface area contributed by atoms with E-state index >= 15 is 0 Å². The highest BCUT2D eigenvalue weighted by atomic mass is 35.5. The highest BCUT2D eigenvalue weighted by molar-refractivity contribution is 6.99. The van der Waals surface area contributed by atoms with Gasteiger partial charge in [0, 0.05) is 6.54 Å². The maximum absolute atomic E-state index is 5.75. The molecule has 1 rings (SSSR count). The zero-order chi connectivity index (χ0) is 9.52. The molecule has 0 bridgehead atoms. The molecule has 74 valence electrons. The second-order valence-corrected chi connectivity index (χ2v) is 3.78. The van der Waals surface area contributed by atoms with E-state index in [2.05, 4.69) is 21.0 Å². The lowest BCUT2D eigenvalue weighted by molar-refractivity contribution is 0.684. The van der Waals surface area contributed by atoms with E-state index in [4.69, 9.17) is 11.6 Å². The Bertz CT molecular complexity index is 239. The molecule has 0 saturated carbocycles. The zero-order valence-corrected chi connectivity index (χ0v) is 9.29. The van der Waals surface area contributed by atoms with Crippen molar-refractivity contribution >= 4 is 29.1 Å². The molecule has 1 aromatic heterocycles. The van der Waals surface area contributed by atoms with E-state index in [0.717, 1.165) is 24.1 Å². The largest absolute Gasteiger partial charge is 0.367 e. The van der Waals surface area contributed by atoms with E-state index in [1.54, 1.807) is 0 Å².